The van der Waals surface area contributed by atoms with Crippen molar-refractivity contribution in [2.24, 2.45) is 0 Å². The van der Waals surface area contributed by atoms with E-state index in [9.17, 15) is 0 Å². The third kappa shape index (κ3) is 4.18. The summed E-state index contributed by atoms with van der Waals surface area (Å²) >= 11 is 0. The first kappa shape index (κ1) is 24.6. The molecule has 9 rings (SSSR count). The molecule has 9 aromatic rings. The van der Waals surface area contributed by atoms with E-state index in [0.29, 0.717) is 5.82 Å². The average molecular weight is 560 g/mol. The zero-order valence-corrected chi connectivity index (χ0v) is 23.8. The van der Waals surface area contributed by atoms with Gasteiger partial charge in [0.05, 0.1) is 16.9 Å². The van der Waals surface area contributed by atoms with Crippen LogP contribution in [-0.4, -0.2) is 15.0 Å². The molecule has 2 aromatic heterocycles. The van der Waals surface area contributed by atoms with Crippen LogP contribution >= 0.6 is 0 Å². The van der Waals surface area contributed by atoms with E-state index in [-0.39, 0.29) is 0 Å². The predicted octanol–water partition coefficient (Wildman–Crippen LogP) is 10.6. The molecule has 0 saturated heterocycles. The molecule has 0 radical (unpaired) electrons. The second kappa shape index (κ2) is 9.82. The maximum atomic E-state index is 5.18. The highest BCUT2D eigenvalue weighted by atomic mass is 14.9. The summed E-state index contributed by atoms with van der Waals surface area (Å²) < 4.78 is 0. The van der Waals surface area contributed by atoms with Gasteiger partial charge < -0.3 is 0 Å². The Bertz CT molecular complexity index is 2420. The van der Waals surface area contributed by atoms with E-state index in [1.54, 1.807) is 0 Å². The van der Waals surface area contributed by atoms with Gasteiger partial charge in [0, 0.05) is 28.3 Å². The molecule has 0 bridgehead atoms. The van der Waals surface area contributed by atoms with Crippen LogP contribution < -0.4 is 0 Å². The number of benzene rings is 7. The lowest BCUT2D eigenvalue weighted by Gasteiger charge is -2.12. The maximum absolute atomic E-state index is 5.18. The summed E-state index contributed by atoms with van der Waals surface area (Å²) in [4.78, 5) is 15.0. The van der Waals surface area contributed by atoms with Gasteiger partial charge in [0.2, 0.25) is 0 Å². The fraction of sp³-hybridized carbons (Fsp3) is 0. The summed E-state index contributed by atoms with van der Waals surface area (Å²) in [5, 5.41) is 10.8. The maximum Gasteiger partial charge on any atom is 0.161 e. The Morgan fingerprint density at radius 1 is 0.364 bits per heavy atom. The van der Waals surface area contributed by atoms with Crippen molar-refractivity contribution in [1.82, 2.24) is 15.0 Å². The number of hydrogen-bond donors (Lipinski definition) is 0. The molecule has 0 amide bonds. The van der Waals surface area contributed by atoms with Crippen LogP contribution in [0.1, 0.15) is 0 Å². The Balaban J connectivity index is 1.27. The van der Waals surface area contributed by atoms with Crippen LogP contribution in [-0.2, 0) is 0 Å². The van der Waals surface area contributed by atoms with Crippen LogP contribution in [0.5, 0.6) is 0 Å². The van der Waals surface area contributed by atoms with E-state index in [0.717, 1.165) is 39.0 Å². The molecule has 7 aromatic carbocycles. The Kier molecular flexibility index (Phi) is 5.50. The van der Waals surface area contributed by atoms with Crippen molar-refractivity contribution in [3.8, 4) is 33.9 Å². The lowest BCUT2D eigenvalue weighted by atomic mass is 9.98. The number of rotatable bonds is 3. The van der Waals surface area contributed by atoms with E-state index in [4.69, 9.17) is 9.97 Å². The minimum Gasteiger partial charge on any atom is -0.256 e. The molecule has 204 valence electrons. The fourth-order valence-electron chi connectivity index (χ4n) is 6.36. The van der Waals surface area contributed by atoms with E-state index < -0.39 is 0 Å². The summed E-state index contributed by atoms with van der Waals surface area (Å²) in [5.74, 6) is 0.688. The van der Waals surface area contributed by atoms with Crippen LogP contribution in [0.2, 0.25) is 0 Å². The molecule has 0 spiro atoms. The third-order valence-electron chi connectivity index (χ3n) is 8.61. The van der Waals surface area contributed by atoms with Gasteiger partial charge in [0.25, 0.3) is 0 Å². The van der Waals surface area contributed by atoms with Crippen LogP contribution in [0, 0.1) is 0 Å². The summed E-state index contributed by atoms with van der Waals surface area (Å²) in [7, 11) is 0. The quantitative estimate of drug-likeness (QED) is 0.202. The van der Waals surface area contributed by atoms with Crippen LogP contribution in [0.4, 0.5) is 0 Å². The highest BCUT2D eigenvalue weighted by molar-refractivity contribution is 6.01. The lowest BCUT2D eigenvalue weighted by molar-refractivity contribution is 1.19. The number of nitrogens with zero attached hydrogens (tertiary/aromatic N) is 3. The van der Waals surface area contributed by atoms with Gasteiger partial charge in [-0.1, -0.05) is 91.0 Å². The first-order chi connectivity index (χ1) is 21.7. The van der Waals surface area contributed by atoms with E-state index >= 15 is 0 Å². The Morgan fingerprint density at radius 2 is 0.886 bits per heavy atom. The average Bonchev–Trinajstić information content (AvgIpc) is 3.09. The monoisotopic (exact) mass is 559 g/mol. The third-order valence-corrected chi connectivity index (χ3v) is 8.61. The molecule has 0 unspecified atom stereocenters. The van der Waals surface area contributed by atoms with Gasteiger partial charge in [-0.25, -0.2) is 9.97 Å². The molecule has 44 heavy (non-hydrogen) atoms. The Hall–Kier alpha value is -5.93. The smallest absolute Gasteiger partial charge is 0.161 e. The lowest BCUT2D eigenvalue weighted by Crippen LogP contribution is -1.97. The van der Waals surface area contributed by atoms with E-state index in [1.165, 1.54) is 43.1 Å². The molecule has 3 nitrogen and oxygen atoms in total. The van der Waals surface area contributed by atoms with Crippen LogP contribution in [0.25, 0.3) is 87.9 Å². The molecule has 0 atom stereocenters. The Labute approximate surface area is 254 Å². The zero-order valence-electron chi connectivity index (χ0n) is 23.8. The largest absolute Gasteiger partial charge is 0.256 e. The van der Waals surface area contributed by atoms with Crippen LogP contribution in [0.3, 0.4) is 0 Å². The molecule has 0 aliphatic rings. The molecule has 0 aliphatic carbocycles. The van der Waals surface area contributed by atoms with Gasteiger partial charge >= 0.3 is 0 Å². The molecule has 0 saturated carbocycles. The number of aromatic nitrogens is 3. The molecule has 3 heteroatoms. The molecular weight excluding hydrogens is 534 g/mol. The van der Waals surface area contributed by atoms with Crippen molar-refractivity contribution in [2.45, 2.75) is 0 Å². The summed E-state index contributed by atoms with van der Waals surface area (Å²) in [6.45, 7) is 0. The predicted molar refractivity (Wildman–Crippen MR) is 184 cm³/mol. The highest BCUT2D eigenvalue weighted by Crippen LogP contribution is 2.34. The van der Waals surface area contributed by atoms with Crippen molar-refractivity contribution in [3.63, 3.8) is 0 Å². The molecule has 0 fully saturated rings. The molecule has 2 heterocycles. The van der Waals surface area contributed by atoms with Gasteiger partial charge in [-0.2, -0.15) is 0 Å². The zero-order chi connectivity index (χ0) is 29.0. The van der Waals surface area contributed by atoms with Gasteiger partial charge in [-0.3, -0.25) is 4.98 Å². The molecular formula is C41H25N3. The standard InChI is InChI=1S/C41H25N3/c1-3-9-28-21-34-23-32(16-14-30(34)19-26(28)7-1)39-25-40(44-41(43-39)37-11-5-13-38-36(37)12-6-18-42-38)33-17-15-31-20-27-8-2-4-10-29(27)22-35(31)24-33/h1-25H. The number of hydrogen-bond acceptors (Lipinski definition) is 3. The topological polar surface area (TPSA) is 38.7 Å². The second-order valence-electron chi connectivity index (χ2n) is 11.4. The number of fused-ring (bicyclic) bond motifs is 5. The Morgan fingerprint density at radius 3 is 1.45 bits per heavy atom. The molecule has 0 aliphatic heterocycles. The van der Waals surface area contributed by atoms with E-state index in [2.05, 4.69) is 132 Å². The first-order valence-electron chi connectivity index (χ1n) is 14.8. The van der Waals surface area contributed by atoms with Crippen LogP contribution in [0.15, 0.2) is 152 Å². The minimum absolute atomic E-state index is 0.688. The number of pyridine rings is 1. The second-order valence-corrected chi connectivity index (χ2v) is 11.4. The summed E-state index contributed by atoms with van der Waals surface area (Å²) in [6, 6.07) is 51.6. The summed E-state index contributed by atoms with van der Waals surface area (Å²) in [5.41, 5.74) is 5.79. The SMILES string of the molecule is c1ccc2cc3cc(-c4cc(-c5ccc6cc7ccccc7cc6c5)nc(-c5cccc6ncccc56)n4)ccc3cc2c1. The highest BCUT2D eigenvalue weighted by Gasteiger charge is 2.14. The summed E-state index contributed by atoms with van der Waals surface area (Å²) in [6.07, 6.45) is 1.83. The normalized spacial score (nSPS) is 11.6. The van der Waals surface area contributed by atoms with Crippen molar-refractivity contribution >= 4 is 54.0 Å². The van der Waals surface area contributed by atoms with E-state index in [1.807, 2.05) is 24.4 Å². The van der Waals surface area contributed by atoms with Gasteiger partial charge in [0.1, 0.15) is 0 Å². The van der Waals surface area contributed by atoms with Gasteiger partial charge in [0.15, 0.2) is 5.82 Å². The first-order valence-corrected chi connectivity index (χ1v) is 14.8. The van der Waals surface area contributed by atoms with Crippen molar-refractivity contribution in [3.05, 3.63) is 152 Å². The van der Waals surface area contributed by atoms with Gasteiger partial charge in [-0.05, 0) is 97.7 Å². The van der Waals surface area contributed by atoms with Crippen molar-refractivity contribution in [2.75, 3.05) is 0 Å². The fourth-order valence-corrected chi connectivity index (χ4v) is 6.36. The van der Waals surface area contributed by atoms with Crippen molar-refractivity contribution < 1.29 is 0 Å². The molecule has 0 N–H and O–H groups in total. The van der Waals surface area contributed by atoms with Gasteiger partial charge in [-0.15, -0.1) is 0 Å². The van der Waals surface area contributed by atoms with Crippen molar-refractivity contribution in [1.29, 1.82) is 0 Å². The minimum atomic E-state index is 0.688.